The highest BCUT2D eigenvalue weighted by Crippen LogP contribution is 2.44. The van der Waals surface area contributed by atoms with E-state index >= 15 is 0 Å². The molecule has 0 fully saturated rings. The molecule has 0 spiro atoms. The third-order valence-electron chi connectivity index (χ3n) is 27.5. The van der Waals surface area contributed by atoms with Gasteiger partial charge in [-0.2, -0.15) is 0 Å². The smallest absolute Gasteiger partial charge is 0.0541 e. The molecule has 0 aliphatic heterocycles. The molecule has 22 aromatic carbocycles. The van der Waals surface area contributed by atoms with Crippen molar-refractivity contribution in [3.05, 3.63) is 510 Å². The lowest BCUT2D eigenvalue weighted by molar-refractivity contribution is 1.18. The second-order valence-electron chi connectivity index (χ2n) is 35.1. The van der Waals surface area contributed by atoms with Gasteiger partial charge in [-0.05, 0) is 247 Å². The first-order valence-corrected chi connectivity index (χ1v) is 46.1. The maximum absolute atomic E-state index is 2.40. The van der Waals surface area contributed by atoms with Crippen molar-refractivity contribution in [3.63, 3.8) is 0 Å². The number of para-hydroxylation sites is 9. The maximum Gasteiger partial charge on any atom is 0.0541 e. The number of hydrogen-bond donors (Lipinski definition) is 0. The van der Waals surface area contributed by atoms with Crippen LogP contribution in [-0.4, -0.2) is 27.4 Å². The van der Waals surface area contributed by atoms with E-state index in [1.54, 1.807) is 0 Å². The van der Waals surface area contributed by atoms with Crippen molar-refractivity contribution in [2.45, 2.75) is 0 Å². The van der Waals surface area contributed by atoms with Gasteiger partial charge in [0.05, 0.1) is 66.2 Å². The van der Waals surface area contributed by atoms with Gasteiger partial charge in [-0.3, -0.25) is 0 Å². The molecule has 0 N–H and O–H groups in total. The van der Waals surface area contributed by atoms with E-state index < -0.39 is 0 Å². The van der Waals surface area contributed by atoms with Crippen LogP contribution in [0.4, 0.5) is 0 Å². The third-order valence-corrected chi connectivity index (χ3v) is 27.5. The van der Waals surface area contributed by atoms with Gasteiger partial charge in [0.2, 0.25) is 0 Å². The summed E-state index contributed by atoms with van der Waals surface area (Å²) in [7, 11) is 0. The summed E-state index contributed by atoms with van der Waals surface area (Å²) in [6.07, 6.45) is 0. The molecule has 6 heteroatoms. The molecule has 0 amide bonds. The maximum atomic E-state index is 2.40. The first-order valence-electron chi connectivity index (χ1n) is 46.1. The predicted octanol–water partition coefficient (Wildman–Crippen LogP) is 34.3. The number of nitrogens with zero attached hydrogens (tertiary/aromatic N) is 6. The Morgan fingerprint density at radius 2 is 0.276 bits per heavy atom. The van der Waals surface area contributed by atoms with Crippen LogP contribution in [0.5, 0.6) is 0 Å². The fraction of sp³-hybridized carbons (Fsp3) is 0. The Hall–Kier alpha value is -17.8. The van der Waals surface area contributed by atoms with E-state index in [9.17, 15) is 0 Å². The van der Waals surface area contributed by atoms with Crippen molar-refractivity contribution in [3.8, 4) is 89.8 Å². The summed E-state index contributed by atoms with van der Waals surface area (Å²) in [4.78, 5) is 0. The molecule has 28 aromatic rings. The second kappa shape index (κ2) is 32.1. The van der Waals surface area contributed by atoms with Crippen LogP contribution in [0.1, 0.15) is 0 Å². The summed E-state index contributed by atoms with van der Waals surface area (Å²) >= 11 is 0. The van der Waals surface area contributed by atoms with Crippen LogP contribution in [0.15, 0.2) is 510 Å². The first kappa shape index (κ1) is 77.3. The zero-order valence-electron chi connectivity index (χ0n) is 73.2. The van der Waals surface area contributed by atoms with Crippen LogP contribution in [0.25, 0.3) is 242 Å². The van der Waals surface area contributed by atoms with Crippen molar-refractivity contribution in [2.75, 3.05) is 0 Å². The first-order chi connectivity index (χ1) is 66.5. The molecular weight excluding hydrogens is 1620 g/mol. The van der Waals surface area contributed by atoms with Gasteiger partial charge in [0.1, 0.15) is 0 Å². The van der Waals surface area contributed by atoms with Gasteiger partial charge in [-0.15, -0.1) is 0 Å². The average molecular weight is 1710 g/mol. The Balaban J connectivity index is 0.000000105. The van der Waals surface area contributed by atoms with E-state index in [1.165, 1.54) is 242 Å². The number of aromatic nitrogens is 6. The fourth-order valence-electron chi connectivity index (χ4n) is 21.2. The Morgan fingerprint density at radius 1 is 0.0896 bits per heavy atom. The lowest BCUT2D eigenvalue weighted by Gasteiger charge is -2.11. The third kappa shape index (κ3) is 13.1. The Bertz CT molecular complexity index is 9380. The van der Waals surface area contributed by atoms with Crippen molar-refractivity contribution in [1.82, 2.24) is 27.4 Å². The minimum atomic E-state index is 1.17. The quantitative estimate of drug-likeness (QED) is 0.124. The van der Waals surface area contributed by atoms with Crippen LogP contribution >= 0.6 is 0 Å². The van der Waals surface area contributed by atoms with Crippen molar-refractivity contribution < 1.29 is 0 Å². The highest BCUT2D eigenvalue weighted by molar-refractivity contribution is 6.16. The average Bonchev–Trinajstić information content (AvgIpc) is 1.59. The molecule has 0 radical (unpaired) electrons. The lowest BCUT2D eigenvalue weighted by atomic mass is 9.98. The molecular formula is C128H84N6. The number of hydrogen-bond acceptors (Lipinski definition) is 0. The molecule has 6 nitrogen and oxygen atoms in total. The summed E-state index contributed by atoms with van der Waals surface area (Å²) in [5, 5.41) is 20.3. The largest absolute Gasteiger partial charge is 0.309 e. The molecule has 0 atom stereocenters. The van der Waals surface area contributed by atoms with Crippen molar-refractivity contribution >= 4 is 152 Å². The molecule has 28 rings (SSSR count). The van der Waals surface area contributed by atoms with E-state index in [2.05, 4.69) is 537 Å². The van der Waals surface area contributed by atoms with Gasteiger partial charge in [0.25, 0.3) is 0 Å². The second-order valence-corrected chi connectivity index (χ2v) is 35.1. The van der Waals surface area contributed by atoms with Crippen molar-refractivity contribution in [2.24, 2.45) is 0 Å². The van der Waals surface area contributed by atoms with Crippen LogP contribution in [0.2, 0.25) is 0 Å². The van der Waals surface area contributed by atoms with Crippen molar-refractivity contribution in [1.29, 1.82) is 0 Å². The molecule has 0 saturated heterocycles. The summed E-state index contributed by atoms with van der Waals surface area (Å²) in [6.45, 7) is 0. The van der Waals surface area contributed by atoms with Gasteiger partial charge >= 0.3 is 0 Å². The van der Waals surface area contributed by atoms with Gasteiger partial charge in [-0.1, -0.05) is 340 Å². The summed E-state index contributed by atoms with van der Waals surface area (Å²) in [6, 6.07) is 185. The zero-order chi connectivity index (χ0) is 88.3. The van der Waals surface area contributed by atoms with Crippen LogP contribution in [-0.2, 0) is 0 Å². The van der Waals surface area contributed by atoms with Crippen LogP contribution in [0.3, 0.4) is 0 Å². The molecule has 0 bridgehead atoms. The Morgan fingerprint density at radius 3 is 0.590 bits per heavy atom. The van der Waals surface area contributed by atoms with E-state index in [1.807, 2.05) is 0 Å². The van der Waals surface area contributed by atoms with Crippen LogP contribution < -0.4 is 0 Å². The summed E-state index contributed by atoms with van der Waals surface area (Å²) in [5.41, 5.74) is 33.9. The van der Waals surface area contributed by atoms with Gasteiger partial charge < -0.3 is 27.4 Å². The normalized spacial score (nSPS) is 11.7. The standard InChI is InChI=1S/C46H30N2.C42H28N2.C40H26N2/c1-2-12-37(13-3-1)47-43-16-8-6-14-39(43)41-29-35(23-26-45(41)47)32-18-20-33(21-19-32)36-24-27-46-42(30-36)40-15-7-9-17-44(40)48(46)38-25-22-31-10-4-5-11-34(31)28-38;1-2-11-29(12-3-1)31-13-10-14-34(27-31)44-41-20-9-6-17-37(41)38-28-32(23-26-42(38)44)30-21-24-33(25-22-30)43-39-18-7-4-15-35(39)36-16-5-8-19-40(36)43;1-2-10-29-25-32(23-19-27(29)9-1)42-39-16-8-5-13-35(39)36-26-30(20-24-40(36)42)28-17-21-31(22-18-28)41-37-14-6-3-11-33(37)34-12-4-7-15-38(34)41/h1-30H;1-28H;1-26H. The monoisotopic (exact) mass is 1700 g/mol. The predicted molar refractivity (Wildman–Crippen MR) is 568 cm³/mol. The molecule has 0 aliphatic carbocycles. The summed E-state index contributed by atoms with van der Waals surface area (Å²) in [5.74, 6) is 0. The topological polar surface area (TPSA) is 29.6 Å². The molecule has 0 unspecified atom stereocenters. The zero-order valence-corrected chi connectivity index (χ0v) is 73.2. The summed E-state index contributed by atoms with van der Waals surface area (Å²) < 4.78 is 14.3. The minimum absolute atomic E-state index is 1.17. The minimum Gasteiger partial charge on any atom is -0.309 e. The van der Waals surface area contributed by atoms with Gasteiger partial charge in [0.15, 0.2) is 0 Å². The SMILES string of the molecule is c1ccc(-c2cccc(-n3c4ccccc4c4cc(-c5ccc(-n6c7ccccc7c7ccccc76)cc5)ccc43)c2)cc1.c1ccc(-n2c3ccccc3c3cc(-c4ccc(-c5ccc6c(c5)c5ccccc5n6-c5ccc6ccccc6c5)cc4)ccc32)cc1.c1ccc2cc(-n3c4ccccc4c4cc(-c5ccc(-n6c7ccccc7c7ccccc76)cc5)ccc43)ccc2c1. The Kier molecular flexibility index (Phi) is 18.5. The molecule has 626 valence electrons. The van der Waals surface area contributed by atoms with E-state index in [4.69, 9.17) is 0 Å². The highest BCUT2D eigenvalue weighted by atomic mass is 15.0. The molecule has 6 heterocycles. The molecule has 6 aromatic heterocycles. The Labute approximate surface area is 773 Å². The molecule has 0 saturated carbocycles. The molecule has 134 heavy (non-hydrogen) atoms. The number of fused-ring (bicyclic) bond motifs is 20. The fourth-order valence-corrected chi connectivity index (χ4v) is 21.2. The molecule has 0 aliphatic rings. The number of rotatable bonds is 11. The van der Waals surface area contributed by atoms with Crippen LogP contribution in [0, 0.1) is 0 Å². The van der Waals surface area contributed by atoms with Gasteiger partial charge in [-0.25, -0.2) is 0 Å². The van der Waals surface area contributed by atoms with E-state index in [0.29, 0.717) is 0 Å². The lowest BCUT2D eigenvalue weighted by Crippen LogP contribution is -1.94. The van der Waals surface area contributed by atoms with E-state index in [0.717, 1.165) is 0 Å². The highest BCUT2D eigenvalue weighted by Gasteiger charge is 2.22. The van der Waals surface area contributed by atoms with Gasteiger partial charge in [0, 0.05) is 98.8 Å². The number of benzene rings is 22. The van der Waals surface area contributed by atoms with E-state index in [-0.39, 0.29) is 0 Å².